The number of hydrogen-bond donors (Lipinski definition) is 1. The van der Waals surface area contributed by atoms with Crippen LogP contribution in [-0.4, -0.2) is 18.2 Å². The Hall–Kier alpha value is -2.05. The summed E-state index contributed by atoms with van der Waals surface area (Å²) in [5.41, 5.74) is 0.774. The fourth-order valence-corrected chi connectivity index (χ4v) is 3.32. The summed E-state index contributed by atoms with van der Waals surface area (Å²) in [6.45, 7) is 0. The van der Waals surface area contributed by atoms with Gasteiger partial charge in [0.25, 0.3) is 5.91 Å². The van der Waals surface area contributed by atoms with Crippen LogP contribution in [0.3, 0.4) is 0 Å². The van der Waals surface area contributed by atoms with E-state index < -0.39 is 0 Å². The molecule has 2 heterocycles. The molecule has 2 aromatic rings. The van der Waals surface area contributed by atoms with Crippen LogP contribution in [0.2, 0.25) is 0 Å². The second kappa shape index (κ2) is 6.15. The number of ether oxygens (including phenoxy) is 1. The SMILES string of the molecule is COc1ccc(N=C2NC(=O)/C(=C/c3cccs3)S2)cc1. The van der Waals surface area contributed by atoms with Crippen LogP contribution in [0.1, 0.15) is 4.88 Å². The molecule has 106 valence electrons. The predicted octanol–water partition coefficient (Wildman–Crippen LogP) is 3.65. The summed E-state index contributed by atoms with van der Waals surface area (Å²) >= 11 is 2.95. The molecule has 1 aliphatic heterocycles. The van der Waals surface area contributed by atoms with Crippen molar-refractivity contribution in [2.24, 2.45) is 4.99 Å². The maximum Gasteiger partial charge on any atom is 0.264 e. The van der Waals surface area contributed by atoms with Gasteiger partial charge in [0.15, 0.2) is 5.17 Å². The third kappa shape index (κ3) is 3.34. The van der Waals surface area contributed by atoms with Gasteiger partial charge in [0.2, 0.25) is 0 Å². The number of carbonyl (C=O) groups excluding carboxylic acids is 1. The van der Waals surface area contributed by atoms with E-state index in [-0.39, 0.29) is 5.91 Å². The minimum atomic E-state index is -0.110. The largest absolute Gasteiger partial charge is 0.497 e. The quantitative estimate of drug-likeness (QED) is 0.879. The Morgan fingerprint density at radius 2 is 2.05 bits per heavy atom. The van der Waals surface area contributed by atoms with Crippen LogP contribution in [-0.2, 0) is 4.79 Å². The molecule has 0 unspecified atom stereocenters. The van der Waals surface area contributed by atoms with E-state index in [4.69, 9.17) is 4.74 Å². The number of rotatable bonds is 3. The summed E-state index contributed by atoms with van der Waals surface area (Å²) in [6, 6.07) is 11.3. The Morgan fingerprint density at radius 1 is 1.24 bits per heavy atom. The van der Waals surface area contributed by atoms with E-state index in [0.717, 1.165) is 16.3 Å². The molecule has 3 rings (SSSR count). The van der Waals surface area contributed by atoms with Crippen LogP contribution in [0.4, 0.5) is 5.69 Å². The summed E-state index contributed by atoms with van der Waals surface area (Å²) < 4.78 is 5.10. The molecule has 6 heteroatoms. The van der Waals surface area contributed by atoms with Crippen molar-refractivity contribution >= 4 is 45.9 Å². The topological polar surface area (TPSA) is 50.7 Å². The lowest BCUT2D eigenvalue weighted by Crippen LogP contribution is -2.19. The molecule has 1 aromatic heterocycles. The van der Waals surface area contributed by atoms with E-state index in [9.17, 15) is 4.79 Å². The minimum Gasteiger partial charge on any atom is -0.497 e. The number of carbonyl (C=O) groups is 1. The molecule has 0 radical (unpaired) electrons. The third-order valence-electron chi connectivity index (χ3n) is 2.77. The monoisotopic (exact) mass is 316 g/mol. The number of amides is 1. The summed E-state index contributed by atoms with van der Waals surface area (Å²) in [6.07, 6.45) is 1.88. The smallest absolute Gasteiger partial charge is 0.264 e. The first-order valence-electron chi connectivity index (χ1n) is 6.22. The predicted molar refractivity (Wildman–Crippen MR) is 88.1 cm³/mol. The minimum absolute atomic E-state index is 0.110. The number of nitrogens with one attached hydrogen (secondary N) is 1. The van der Waals surface area contributed by atoms with Gasteiger partial charge in [-0.1, -0.05) is 6.07 Å². The van der Waals surface area contributed by atoms with Gasteiger partial charge in [-0.25, -0.2) is 4.99 Å². The maximum absolute atomic E-state index is 11.9. The highest BCUT2D eigenvalue weighted by Crippen LogP contribution is 2.29. The molecule has 0 atom stereocenters. The second-order valence-electron chi connectivity index (χ2n) is 4.20. The molecular formula is C15H12N2O2S2. The van der Waals surface area contributed by atoms with Crippen LogP contribution in [0, 0.1) is 0 Å². The molecule has 21 heavy (non-hydrogen) atoms. The zero-order valence-corrected chi connectivity index (χ0v) is 12.8. The maximum atomic E-state index is 11.9. The zero-order valence-electron chi connectivity index (χ0n) is 11.2. The second-order valence-corrected chi connectivity index (χ2v) is 6.21. The van der Waals surface area contributed by atoms with E-state index in [1.54, 1.807) is 18.4 Å². The van der Waals surface area contributed by atoms with Crippen LogP contribution in [0.25, 0.3) is 6.08 Å². The van der Waals surface area contributed by atoms with Crippen molar-refractivity contribution in [2.45, 2.75) is 0 Å². The molecule has 4 nitrogen and oxygen atoms in total. The Labute approximate surface area is 130 Å². The third-order valence-corrected chi connectivity index (χ3v) is 4.50. The Morgan fingerprint density at radius 3 is 2.71 bits per heavy atom. The highest BCUT2D eigenvalue weighted by atomic mass is 32.2. The van der Waals surface area contributed by atoms with Crippen LogP contribution in [0.15, 0.2) is 51.7 Å². The van der Waals surface area contributed by atoms with Gasteiger partial charge >= 0.3 is 0 Å². The van der Waals surface area contributed by atoms with Gasteiger partial charge in [0, 0.05) is 4.88 Å². The Balaban J connectivity index is 1.78. The summed E-state index contributed by atoms with van der Waals surface area (Å²) in [5.74, 6) is 0.668. The lowest BCUT2D eigenvalue weighted by Gasteiger charge is -1.99. The lowest BCUT2D eigenvalue weighted by atomic mass is 10.3. The number of methoxy groups -OCH3 is 1. The van der Waals surface area contributed by atoms with Gasteiger partial charge in [-0.2, -0.15) is 0 Å². The molecule has 0 bridgehead atoms. The number of aliphatic imine (C=N–C) groups is 1. The van der Waals surface area contributed by atoms with E-state index in [0.29, 0.717) is 10.1 Å². The molecule has 0 aliphatic carbocycles. The molecule has 1 aliphatic rings. The summed E-state index contributed by atoms with van der Waals surface area (Å²) in [5, 5.41) is 5.35. The van der Waals surface area contributed by atoms with Gasteiger partial charge < -0.3 is 10.1 Å². The molecular weight excluding hydrogens is 304 g/mol. The van der Waals surface area contributed by atoms with E-state index in [1.165, 1.54) is 11.8 Å². The molecule has 1 saturated heterocycles. The first-order valence-corrected chi connectivity index (χ1v) is 7.91. The highest BCUT2D eigenvalue weighted by Gasteiger charge is 2.23. The van der Waals surface area contributed by atoms with Crippen molar-refractivity contribution in [1.82, 2.24) is 5.32 Å². The van der Waals surface area contributed by atoms with Crippen molar-refractivity contribution in [3.63, 3.8) is 0 Å². The standard InChI is InChI=1S/C15H12N2O2S2/c1-19-11-6-4-10(5-7-11)16-15-17-14(18)13(21-15)9-12-3-2-8-20-12/h2-9H,1H3,(H,16,17,18)/b13-9-. The number of thioether (sulfide) groups is 1. The van der Waals surface area contributed by atoms with Gasteiger partial charge in [0.05, 0.1) is 17.7 Å². The normalized spacial score (nSPS) is 18.2. The van der Waals surface area contributed by atoms with Crippen molar-refractivity contribution in [3.8, 4) is 5.75 Å². The highest BCUT2D eigenvalue weighted by molar-refractivity contribution is 8.18. The van der Waals surface area contributed by atoms with Gasteiger partial charge in [-0.3, -0.25) is 4.79 Å². The van der Waals surface area contributed by atoms with Crippen LogP contribution in [0.5, 0.6) is 5.75 Å². The molecule has 1 amide bonds. The first kappa shape index (κ1) is 13.9. The number of nitrogens with zero attached hydrogens (tertiary/aromatic N) is 1. The fraction of sp³-hybridized carbons (Fsp3) is 0.0667. The van der Waals surface area contributed by atoms with Gasteiger partial charge in [0.1, 0.15) is 5.75 Å². The van der Waals surface area contributed by atoms with E-state index >= 15 is 0 Å². The lowest BCUT2D eigenvalue weighted by molar-refractivity contribution is -0.115. The van der Waals surface area contributed by atoms with Gasteiger partial charge in [-0.15, -0.1) is 11.3 Å². The van der Waals surface area contributed by atoms with Crippen molar-refractivity contribution in [2.75, 3.05) is 7.11 Å². The Bertz CT molecular complexity index is 704. The zero-order chi connectivity index (χ0) is 14.7. The van der Waals surface area contributed by atoms with E-state index in [1.807, 2.05) is 47.9 Å². The average molecular weight is 316 g/mol. The van der Waals surface area contributed by atoms with E-state index in [2.05, 4.69) is 10.3 Å². The molecule has 1 fully saturated rings. The number of thiophene rings is 1. The first-order chi connectivity index (χ1) is 10.2. The summed E-state index contributed by atoms with van der Waals surface area (Å²) in [4.78, 5) is 18.0. The van der Waals surface area contributed by atoms with Crippen molar-refractivity contribution in [3.05, 3.63) is 51.6 Å². The number of benzene rings is 1. The summed E-state index contributed by atoms with van der Waals surface area (Å²) in [7, 11) is 1.62. The fourth-order valence-electron chi connectivity index (χ4n) is 1.76. The molecule has 1 aromatic carbocycles. The number of amidine groups is 1. The average Bonchev–Trinajstić information content (AvgIpc) is 3.11. The molecule has 0 saturated carbocycles. The Kier molecular flexibility index (Phi) is 4.08. The molecule has 0 spiro atoms. The van der Waals surface area contributed by atoms with Gasteiger partial charge in [-0.05, 0) is 53.5 Å². The van der Waals surface area contributed by atoms with Crippen LogP contribution < -0.4 is 10.1 Å². The van der Waals surface area contributed by atoms with Crippen LogP contribution >= 0.6 is 23.1 Å². The number of hydrogen-bond acceptors (Lipinski definition) is 5. The molecule has 1 N–H and O–H groups in total. The van der Waals surface area contributed by atoms with Crippen molar-refractivity contribution in [1.29, 1.82) is 0 Å². The van der Waals surface area contributed by atoms with Crippen molar-refractivity contribution < 1.29 is 9.53 Å².